The Morgan fingerprint density at radius 2 is 1.46 bits per heavy atom. The number of carbonyl (C=O) groups excluding carboxylic acids is 4. The van der Waals surface area contributed by atoms with Crippen molar-refractivity contribution < 1.29 is 34.2 Å². The minimum atomic E-state index is -1.27. The molecule has 0 saturated carbocycles. The maximum absolute atomic E-state index is 12.7. The van der Waals surface area contributed by atoms with Crippen molar-refractivity contribution in [2.24, 2.45) is 5.92 Å². The summed E-state index contributed by atoms with van der Waals surface area (Å²) in [7, 11) is 0. The molecular weight excluding hydrogens is 456 g/mol. The number of benzene rings is 1. The number of carboxylic acids is 1. The lowest BCUT2D eigenvalue weighted by Crippen LogP contribution is -2.54. The Morgan fingerprint density at radius 1 is 0.857 bits per heavy atom. The second-order valence-electron chi connectivity index (χ2n) is 8.71. The van der Waals surface area contributed by atoms with E-state index >= 15 is 0 Å². The monoisotopic (exact) mass is 492 g/mol. The van der Waals surface area contributed by atoms with Crippen molar-refractivity contribution in [2.45, 2.75) is 71.2 Å². The molecule has 0 bridgehead atoms. The van der Waals surface area contributed by atoms with E-state index in [9.17, 15) is 34.2 Å². The summed E-state index contributed by atoms with van der Waals surface area (Å²) in [4.78, 5) is 60.7. The number of nitrogens with one attached hydrogen (secondary N) is 4. The van der Waals surface area contributed by atoms with E-state index in [1.54, 1.807) is 37.3 Å². The number of carbonyl (C=O) groups is 5. The van der Waals surface area contributed by atoms with Crippen LogP contribution >= 0.6 is 0 Å². The molecule has 0 heterocycles. The first-order chi connectivity index (χ1) is 16.4. The minimum absolute atomic E-state index is 0.0410. The molecule has 1 rings (SSSR count). The van der Waals surface area contributed by atoms with E-state index in [1.807, 2.05) is 13.8 Å². The highest BCUT2D eigenvalue weighted by Crippen LogP contribution is 2.06. The smallest absolute Gasteiger partial charge is 0.326 e. The molecule has 0 aliphatic heterocycles. The number of aliphatic hydroxyl groups excluding tert-OH is 1. The zero-order valence-corrected chi connectivity index (χ0v) is 20.5. The lowest BCUT2D eigenvalue weighted by atomic mass is 10.0. The van der Waals surface area contributed by atoms with Crippen molar-refractivity contribution in [1.82, 2.24) is 21.3 Å². The van der Waals surface area contributed by atoms with Crippen LogP contribution in [0.15, 0.2) is 30.3 Å². The molecule has 4 amide bonds. The maximum atomic E-state index is 12.7. The van der Waals surface area contributed by atoms with Crippen LogP contribution in [-0.4, -0.2) is 70.6 Å². The fourth-order valence-corrected chi connectivity index (χ4v) is 3.15. The fraction of sp³-hybridized carbons (Fsp3) is 0.542. The third-order valence-corrected chi connectivity index (χ3v) is 5.12. The summed E-state index contributed by atoms with van der Waals surface area (Å²) >= 11 is 0. The number of hydrogen-bond acceptors (Lipinski definition) is 6. The lowest BCUT2D eigenvalue weighted by molar-refractivity contribution is -0.142. The van der Waals surface area contributed by atoms with Crippen LogP contribution in [0.4, 0.5) is 0 Å². The molecule has 0 spiro atoms. The van der Waals surface area contributed by atoms with Crippen molar-refractivity contribution in [2.75, 3.05) is 6.54 Å². The maximum Gasteiger partial charge on any atom is 0.326 e. The van der Waals surface area contributed by atoms with Gasteiger partial charge in [0.25, 0.3) is 0 Å². The van der Waals surface area contributed by atoms with Crippen molar-refractivity contribution >= 4 is 29.6 Å². The quantitative estimate of drug-likeness (QED) is 0.207. The first-order valence-corrected chi connectivity index (χ1v) is 11.6. The largest absolute Gasteiger partial charge is 0.480 e. The van der Waals surface area contributed by atoms with Crippen molar-refractivity contribution in [3.8, 4) is 0 Å². The first kappa shape index (κ1) is 29.6. The van der Waals surface area contributed by atoms with Gasteiger partial charge in [0.05, 0.1) is 6.54 Å². The Kier molecular flexibility index (Phi) is 12.4. The van der Waals surface area contributed by atoms with Crippen molar-refractivity contribution in [3.63, 3.8) is 0 Å². The van der Waals surface area contributed by atoms with Crippen LogP contribution in [0.3, 0.4) is 0 Å². The Labute approximate surface area is 205 Å². The normalized spacial score (nSPS) is 14.2. The minimum Gasteiger partial charge on any atom is -0.480 e. The Balaban J connectivity index is 2.69. The number of carboxylic acid groups (broad SMARTS) is 1. The number of amides is 4. The van der Waals surface area contributed by atoms with Crippen LogP contribution in [0.1, 0.15) is 46.1 Å². The molecule has 11 heteroatoms. The second-order valence-corrected chi connectivity index (χ2v) is 8.71. The first-order valence-electron chi connectivity index (χ1n) is 11.6. The third-order valence-electron chi connectivity index (χ3n) is 5.12. The molecule has 0 aliphatic rings. The van der Waals surface area contributed by atoms with Gasteiger partial charge in [-0.05, 0) is 31.2 Å². The topological polar surface area (TPSA) is 174 Å². The third kappa shape index (κ3) is 11.0. The number of aliphatic carboxylic acids is 1. The van der Waals surface area contributed by atoms with Gasteiger partial charge in [0.1, 0.15) is 24.2 Å². The van der Waals surface area contributed by atoms with Gasteiger partial charge in [-0.2, -0.15) is 0 Å². The average Bonchev–Trinajstić information content (AvgIpc) is 2.81. The predicted octanol–water partition coefficient (Wildman–Crippen LogP) is -0.279. The molecule has 0 aromatic heterocycles. The zero-order chi connectivity index (χ0) is 26.5. The summed E-state index contributed by atoms with van der Waals surface area (Å²) in [6, 6.07) is 5.77. The summed E-state index contributed by atoms with van der Waals surface area (Å²) in [5.41, 5.74) is 0.767. The van der Waals surface area contributed by atoms with Gasteiger partial charge in [-0.1, -0.05) is 51.1 Å². The highest BCUT2D eigenvalue weighted by atomic mass is 16.4. The highest BCUT2D eigenvalue weighted by molar-refractivity contribution is 5.93. The van der Waals surface area contributed by atoms with Crippen LogP contribution in [0.5, 0.6) is 0 Å². The summed E-state index contributed by atoms with van der Waals surface area (Å²) in [5, 5.41) is 28.7. The van der Waals surface area contributed by atoms with Gasteiger partial charge in [-0.15, -0.1) is 0 Å². The zero-order valence-electron chi connectivity index (χ0n) is 20.5. The molecule has 0 aliphatic carbocycles. The molecule has 0 radical (unpaired) electrons. The Hall–Kier alpha value is -3.47. The van der Waals surface area contributed by atoms with Gasteiger partial charge in [-0.3, -0.25) is 19.2 Å². The van der Waals surface area contributed by atoms with Gasteiger partial charge >= 0.3 is 5.97 Å². The highest BCUT2D eigenvalue weighted by Gasteiger charge is 2.26. The standard InChI is InChI=1S/C24H36N4O7/c1-5-19(29)23(33)27-17(12-16-9-7-6-8-10-16)22(32)25-13-20(30)26-15(4)21(31)28-18(24(34)35)11-14(2)3/h6-10,14-15,17-19,29H,5,11-13H2,1-4H3,(H,25,32)(H,26,30)(H,27,33)(H,28,31)(H,34,35)/t15-,17-,18-,19?/m0/s1. The summed E-state index contributed by atoms with van der Waals surface area (Å²) in [5.74, 6) is -3.80. The molecule has 194 valence electrons. The van der Waals surface area contributed by atoms with Crippen LogP contribution in [0.2, 0.25) is 0 Å². The van der Waals surface area contributed by atoms with E-state index in [0.29, 0.717) is 0 Å². The van der Waals surface area contributed by atoms with Gasteiger partial charge in [0.15, 0.2) is 0 Å². The number of aliphatic hydroxyl groups is 1. The molecule has 35 heavy (non-hydrogen) atoms. The summed E-state index contributed by atoms with van der Waals surface area (Å²) < 4.78 is 0. The van der Waals surface area contributed by atoms with Gasteiger partial charge < -0.3 is 31.5 Å². The summed E-state index contributed by atoms with van der Waals surface area (Å²) in [6.07, 6.45) is -0.719. The Bertz CT molecular complexity index is 876. The lowest BCUT2D eigenvalue weighted by Gasteiger charge is -2.21. The van der Waals surface area contributed by atoms with Gasteiger partial charge in [0.2, 0.25) is 23.6 Å². The van der Waals surface area contributed by atoms with E-state index in [4.69, 9.17) is 0 Å². The predicted molar refractivity (Wildman–Crippen MR) is 128 cm³/mol. The molecule has 0 saturated heterocycles. The second kappa shape index (κ2) is 14.7. The molecule has 0 fully saturated rings. The van der Waals surface area contributed by atoms with E-state index < -0.39 is 60.4 Å². The van der Waals surface area contributed by atoms with E-state index in [2.05, 4.69) is 21.3 Å². The molecule has 1 unspecified atom stereocenters. The van der Waals surface area contributed by atoms with Gasteiger partial charge in [0, 0.05) is 6.42 Å². The molecule has 1 aromatic rings. The van der Waals surface area contributed by atoms with Crippen molar-refractivity contribution in [1.29, 1.82) is 0 Å². The van der Waals surface area contributed by atoms with E-state index in [0.717, 1.165) is 5.56 Å². The molecule has 4 atom stereocenters. The molecule has 1 aromatic carbocycles. The summed E-state index contributed by atoms with van der Waals surface area (Å²) in [6.45, 7) is 6.20. The van der Waals surface area contributed by atoms with Crippen LogP contribution in [0, 0.1) is 5.92 Å². The number of rotatable bonds is 14. The SMILES string of the molecule is CCC(O)C(=O)N[C@@H](Cc1ccccc1)C(=O)NCC(=O)N[C@@H](C)C(=O)N[C@@H](CC(C)C)C(=O)O. The van der Waals surface area contributed by atoms with E-state index in [1.165, 1.54) is 6.92 Å². The molecular formula is C24H36N4O7. The van der Waals surface area contributed by atoms with Crippen LogP contribution in [-0.2, 0) is 30.4 Å². The van der Waals surface area contributed by atoms with Crippen molar-refractivity contribution in [3.05, 3.63) is 35.9 Å². The van der Waals surface area contributed by atoms with Crippen LogP contribution in [0.25, 0.3) is 0 Å². The van der Waals surface area contributed by atoms with Crippen LogP contribution < -0.4 is 21.3 Å². The van der Waals surface area contributed by atoms with Gasteiger partial charge in [-0.25, -0.2) is 4.79 Å². The fourth-order valence-electron chi connectivity index (χ4n) is 3.15. The molecule has 6 N–H and O–H groups in total. The average molecular weight is 493 g/mol. The number of hydrogen-bond donors (Lipinski definition) is 6. The Morgan fingerprint density at radius 3 is 2.00 bits per heavy atom. The molecule has 11 nitrogen and oxygen atoms in total. The van der Waals surface area contributed by atoms with E-state index in [-0.39, 0.29) is 25.2 Å².